The molecule has 3 nitrogen and oxygen atoms in total. The summed E-state index contributed by atoms with van der Waals surface area (Å²) < 4.78 is 0. The monoisotopic (exact) mass is 284 g/mol. The lowest BCUT2D eigenvalue weighted by molar-refractivity contribution is -0.122. The van der Waals surface area contributed by atoms with Gasteiger partial charge in [-0.1, -0.05) is 36.2 Å². The SMILES string of the molecule is CC/C(=N/NC(=O)C1CC1)c1ccc(Cl)cc1Cl. The molecule has 0 bridgehead atoms. The Balaban J connectivity index is 2.15. The molecule has 0 radical (unpaired) electrons. The molecule has 1 aliphatic rings. The highest BCUT2D eigenvalue weighted by Crippen LogP contribution is 2.28. The standard InChI is InChI=1S/C13H14Cl2N2O/c1-2-12(16-17-13(18)8-3-4-8)10-6-5-9(14)7-11(10)15/h5-8H,2-4H2,1H3,(H,17,18)/b16-12-. The minimum Gasteiger partial charge on any atom is -0.273 e. The lowest BCUT2D eigenvalue weighted by Crippen LogP contribution is -2.21. The first-order chi connectivity index (χ1) is 8.61. The van der Waals surface area contributed by atoms with E-state index in [4.69, 9.17) is 23.2 Å². The number of carbonyl (C=O) groups is 1. The molecule has 1 fully saturated rings. The van der Waals surface area contributed by atoms with E-state index in [0.29, 0.717) is 16.5 Å². The molecule has 1 N–H and O–H groups in total. The third-order valence-electron chi connectivity index (χ3n) is 2.83. The summed E-state index contributed by atoms with van der Waals surface area (Å²) >= 11 is 12.0. The molecule has 0 atom stereocenters. The maximum Gasteiger partial charge on any atom is 0.243 e. The fourth-order valence-corrected chi connectivity index (χ4v) is 2.13. The molecule has 0 heterocycles. The summed E-state index contributed by atoms with van der Waals surface area (Å²) in [6, 6.07) is 5.25. The fraction of sp³-hybridized carbons (Fsp3) is 0.385. The zero-order valence-electron chi connectivity index (χ0n) is 10.0. The molecule has 0 saturated heterocycles. The first kappa shape index (κ1) is 13.4. The Bertz CT molecular complexity index is 496. The smallest absolute Gasteiger partial charge is 0.243 e. The molecular weight excluding hydrogens is 271 g/mol. The number of nitrogens with one attached hydrogen (secondary N) is 1. The molecular formula is C13H14Cl2N2O. The predicted octanol–water partition coefficient (Wildman–Crippen LogP) is 3.63. The number of halogens is 2. The quantitative estimate of drug-likeness (QED) is 0.666. The van der Waals surface area contributed by atoms with Gasteiger partial charge in [-0.25, -0.2) is 5.43 Å². The van der Waals surface area contributed by atoms with Gasteiger partial charge in [0.2, 0.25) is 5.91 Å². The van der Waals surface area contributed by atoms with Gasteiger partial charge in [0, 0.05) is 16.5 Å². The van der Waals surface area contributed by atoms with E-state index < -0.39 is 0 Å². The van der Waals surface area contributed by atoms with Gasteiger partial charge in [-0.2, -0.15) is 5.10 Å². The average molecular weight is 285 g/mol. The van der Waals surface area contributed by atoms with Crippen molar-refractivity contribution in [2.45, 2.75) is 26.2 Å². The number of benzene rings is 1. The highest BCUT2D eigenvalue weighted by Gasteiger charge is 2.29. The first-order valence-electron chi connectivity index (χ1n) is 5.93. The van der Waals surface area contributed by atoms with Crippen LogP contribution < -0.4 is 5.43 Å². The van der Waals surface area contributed by atoms with Gasteiger partial charge >= 0.3 is 0 Å². The van der Waals surface area contributed by atoms with Gasteiger partial charge in [-0.3, -0.25) is 4.79 Å². The van der Waals surface area contributed by atoms with Crippen LogP contribution in [0.3, 0.4) is 0 Å². The fourth-order valence-electron chi connectivity index (χ4n) is 1.61. The number of nitrogens with zero attached hydrogens (tertiary/aromatic N) is 1. The van der Waals surface area contributed by atoms with E-state index in [0.717, 1.165) is 24.1 Å². The van der Waals surface area contributed by atoms with Gasteiger partial charge in [0.1, 0.15) is 0 Å². The number of hydrogen-bond acceptors (Lipinski definition) is 2. The van der Waals surface area contributed by atoms with E-state index in [1.807, 2.05) is 13.0 Å². The van der Waals surface area contributed by atoms with Crippen LogP contribution in [0.15, 0.2) is 23.3 Å². The Morgan fingerprint density at radius 3 is 2.72 bits per heavy atom. The molecule has 0 aliphatic heterocycles. The van der Waals surface area contributed by atoms with Gasteiger partial charge in [0.05, 0.1) is 10.7 Å². The van der Waals surface area contributed by atoms with Gasteiger partial charge in [0.15, 0.2) is 0 Å². The highest BCUT2D eigenvalue weighted by molar-refractivity contribution is 6.37. The minimum atomic E-state index is -0.00830. The van der Waals surface area contributed by atoms with Crippen LogP contribution in [0, 0.1) is 5.92 Å². The number of hydrogen-bond donors (Lipinski definition) is 1. The van der Waals surface area contributed by atoms with Crippen molar-refractivity contribution in [3.8, 4) is 0 Å². The van der Waals surface area contributed by atoms with Crippen molar-refractivity contribution < 1.29 is 4.79 Å². The average Bonchev–Trinajstić information content (AvgIpc) is 3.15. The van der Waals surface area contributed by atoms with Crippen LogP contribution in [0.5, 0.6) is 0 Å². The summed E-state index contributed by atoms with van der Waals surface area (Å²) in [4.78, 5) is 11.5. The Morgan fingerprint density at radius 1 is 1.44 bits per heavy atom. The Morgan fingerprint density at radius 2 is 2.17 bits per heavy atom. The Hall–Kier alpha value is -1.06. The van der Waals surface area contributed by atoms with Crippen molar-refractivity contribution in [1.82, 2.24) is 5.43 Å². The number of hydrazone groups is 1. The number of amides is 1. The van der Waals surface area contributed by atoms with Gasteiger partial charge in [0.25, 0.3) is 0 Å². The minimum absolute atomic E-state index is 0.00830. The summed E-state index contributed by atoms with van der Waals surface area (Å²) in [5.74, 6) is 0.138. The van der Waals surface area contributed by atoms with E-state index in [-0.39, 0.29) is 11.8 Å². The van der Waals surface area contributed by atoms with Crippen LogP contribution in [-0.4, -0.2) is 11.6 Å². The van der Waals surface area contributed by atoms with E-state index in [9.17, 15) is 4.79 Å². The maximum absolute atomic E-state index is 11.5. The highest BCUT2D eigenvalue weighted by atomic mass is 35.5. The van der Waals surface area contributed by atoms with Crippen LogP contribution >= 0.6 is 23.2 Å². The van der Waals surface area contributed by atoms with Crippen LogP contribution in [0.1, 0.15) is 31.7 Å². The van der Waals surface area contributed by atoms with Crippen LogP contribution in [0.4, 0.5) is 0 Å². The lowest BCUT2D eigenvalue weighted by atomic mass is 10.1. The van der Waals surface area contributed by atoms with Crippen molar-refractivity contribution in [3.63, 3.8) is 0 Å². The summed E-state index contributed by atoms with van der Waals surface area (Å²) in [5, 5.41) is 5.28. The predicted molar refractivity (Wildman–Crippen MR) is 74.2 cm³/mol. The summed E-state index contributed by atoms with van der Waals surface area (Å²) in [5.41, 5.74) is 4.15. The molecule has 96 valence electrons. The molecule has 1 amide bonds. The van der Waals surface area contributed by atoms with Crippen LogP contribution in [0.2, 0.25) is 10.0 Å². The third-order valence-corrected chi connectivity index (χ3v) is 3.37. The van der Waals surface area contributed by atoms with Gasteiger partial charge < -0.3 is 0 Å². The largest absolute Gasteiger partial charge is 0.273 e. The van der Waals surface area contributed by atoms with E-state index in [2.05, 4.69) is 10.5 Å². The second-order valence-electron chi connectivity index (χ2n) is 4.29. The topological polar surface area (TPSA) is 41.5 Å². The van der Waals surface area contributed by atoms with Crippen molar-refractivity contribution in [2.24, 2.45) is 11.0 Å². The first-order valence-corrected chi connectivity index (χ1v) is 6.69. The van der Waals surface area contributed by atoms with Crippen LogP contribution in [0.25, 0.3) is 0 Å². The molecule has 18 heavy (non-hydrogen) atoms. The zero-order chi connectivity index (χ0) is 13.1. The Labute approximate surface area is 116 Å². The van der Waals surface area contributed by atoms with Gasteiger partial charge in [-0.05, 0) is 31.4 Å². The third kappa shape index (κ3) is 3.24. The van der Waals surface area contributed by atoms with E-state index >= 15 is 0 Å². The van der Waals surface area contributed by atoms with Crippen molar-refractivity contribution in [1.29, 1.82) is 0 Å². The van der Waals surface area contributed by atoms with Crippen molar-refractivity contribution >= 4 is 34.8 Å². The second kappa shape index (κ2) is 5.72. The van der Waals surface area contributed by atoms with Gasteiger partial charge in [-0.15, -0.1) is 0 Å². The van der Waals surface area contributed by atoms with Crippen molar-refractivity contribution in [2.75, 3.05) is 0 Å². The summed E-state index contributed by atoms with van der Waals surface area (Å²) in [6.45, 7) is 1.97. The lowest BCUT2D eigenvalue weighted by Gasteiger charge is -2.07. The molecule has 0 unspecified atom stereocenters. The van der Waals surface area contributed by atoms with E-state index in [1.54, 1.807) is 12.1 Å². The van der Waals surface area contributed by atoms with Crippen molar-refractivity contribution in [3.05, 3.63) is 33.8 Å². The Kier molecular flexibility index (Phi) is 4.25. The molecule has 2 rings (SSSR count). The number of carbonyl (C=O) groups excluding carboxylic acids is 1. The van der Waals surface area contributed by atoms with Crippen LogP contribution in [-0.2, 0) is 4.79 Å². The normalized spacial score (nSPS) is 15.6. The number of rotatable bonds is 4. The molecule has 1 aliphatic carbocycles. The molecule has 0 spiro atoms. The molecule has 1 aromatic carbocycles. The van der Waals surface area contributed by atoms with E-state index in [1.165, 1.54) is 0 Å². The summed E-state index contributed by atoms with van der Waals surface area (Å²) in [6.07, 6.45) is 2.61. The second-order valence-corrected chi connectivity index (χ2v) is 5.13. The summed E-state index contributed by atoms with van der Waals surface area (Å²) in [7, 11) is 0. The zero-order valence-corrected chi connectivity index (χ0v) is 11.6. The molecule has 1 saturated carbocycles. The molecule has 0 aromatic heterocycles. The molecule has 5 heteroatoms. The molecule has 1 aromatic rings. The maximum atomic E-state index is 11.5.